The molecule has 0 bridgehead atoms. The molecule has 0 aliphatic heterocycles. The maximum atomic E-state index is 12.5. The number of nitriles is 1. The molecule has 0 aliphatic carbocycles. The van der Waals surface area contributed by atoms with E-state index < -0.39 is 61.8 Å². The topological polar surface area (TPSA) is 384 Å². The molecule has 0 saturated heterocycles. The van der Waals surface area contributed by atoms with Crippen molar-refractivity contribution in [3.63, 3.8) is 0 Å². The second kappa shape index (κ2) is 22.5. The molecule has 0 amide bonds. The first-order valence-corrected chi connectivity index (χ1v) is 30.2. The summed E-state index contributed by atoms with van der Waals surface area (Å²) in [5.74, 6) is -1.43. The Morgan fingerprint density at radius 3 is 2.08 bits per heavy atom. The van der Waals surface area contributed by atoms with E-state index >= 15 is 0 Å². The highest BCUT2D eigenvalue weighted by Gasteiger charge is 2.24. The number of hydrogen-bond donors (Lipinski definition) is 5. The first-order chi connectivity index (χ1) is 36.3. The van der Waals surface area contributed by atoms with Crippen LogP contribution >= 0.6 is 23.1 Å². The van der Waals surface area contributed by atoms with Crippen molar-refractivity contribution >= 4 is 135 Å². The Bertz CT molecular complexity index is 4290. The van der Waals surface area contributed by atoms with Crippen molar-refractivity contribution in [2.45, 2.75) is 47.8 Å². The molecular formula is C46H40N10O15S6. The quantitative estimate of drug-likeness (QED) is 0.0193. The van der Waals surface area contributed by atoms with Crippen molar-refractivity contribution in [1.29, 1.82) is 5.26 Å². The molecule has 3 aromatic heterocycles. The van der Waals surface area contributed by atoms with Crippen LogP contribution < -0.4 is 9.47 Å². The third-order valence-corrected chi connectivity index (χ3v) is 16.5. The van der Waals surface area contributed by atoms with E-state index in [1.165, 1.54) is 34.7 Å². The molecule has 8 aromatic rings. The number of ether oxygens (including phenoxy) is 2. The lowest BCUT2D eigenvalue weighted by Crippen LogP contribution is -2.08. The Morgan fingerprint density at radius 1 is 0.740 bits per heavy atom. The predicted octanol–water partition coefficient (Wildman–Crippen LogP) is 10.7. The molecule has 0 saturated carbocycles. The van der Waals surface area contributed by atoms with E-state index in [9.17, 15) is 62.3 Å². The van der Waals surface area contributed by atoms with E-state index in [-0.39, 0.29) is 127 Å². The first kappa shape index (κ1) is 56.1. The lowest BCUT2D eigenvalue weighted by Gasteiger charge is -2.13. The largest absolute Gasteiger partial charge is 0.493 e. The van der Waals surface area contributed by atoms with Crippen LogP contribution in [0.25, 0.3) is 37.7 Å². The monoisotopic (exact) mass is 1160 g/mol. The maximum Gasteiger partial charge on any atom is 0.296 e. The molecule has 0 aliphatic rings. The summed E-state index contributed by atoms with van der Waals surface area (Å²) in [6.07, 6.45) is -0.145. The Morgan fingerprint density at radius 2 is 1.39 bits per heavy atom. The highest BCUT2D eigenvalue weighted by molar-refractivity contribution is 7.99. The highest BCUT2D eigenvalue weighted by atomic mass is 32.2. The molecule has 3 heterocycles. The lowest BCUT2D eigenvalue weighted by molar-refractivity contribution is 0.317. The molecule has 0 spiro atoms. The summed E-state index contributed by atoms with van der Waals surface area (Å²) in [6.45, 7) is 8.70. The van der Waals surface area contributed by atoms with Crippen LogP contribution in [-0.4, -0.2) is 102 Å². The Labute approximate surface area is 447 Å². The van der Waals surface area contributed by atoms with Gasteiger partial charge in [0.05, 0.1) is 51.0 Å². The van der Waals surface area contributed by atoms with Crippen LogP contribution in [0.15, 0.2) is 118 Å². The number of nitrogens with zero attached hydrogens (tertiary/aromatic N) is 10. The van der Waals surface area contributed by atoms with Crippen molar-refractivity contribution in [2.75, 3.05) is 30.5 Å². The van der Waals surface area contributed by atoms with E-state index in [4.69, 9.17) is 16.4 Å². The summed E-state index contributed by atoms with van der Waals surface area (Å²) in [6, 6.07) is 19.3. The summed E-state index contributed by atoms with van der Waals surface area (Å²) < 4.78 is 147. The number of pyridine rings is 1. The average molecular weight is 1170 g/mol. The van der Waals surface area contributed by atoms with Gasteiger partial charge >= 0.3 is 0 Å². The van der Waals surface area contributed by atoms with Gasteiger partial charge in [-0.3, -0.25) is 22.6 Å². The summed E-state index contributed by atoms with van der Waals surface area (Å²) in [5.41, 5.74) is 2.11. The van der Waals surface area contributed by atoms with Gasteiger partial charge in [0, 0.05) is 28.0 Å². The van der Waals surface area contributed by atoms with Gasteiger partial charge in [-0.25, -0.2) is 9.97 Å². The molecule has 5 N–H and O–H groups in total. The van der Waals surface area contributed by atoms with Crippen LogP contribution in [-0.2, 0) is 40.5 Å². The number of aromatic nitrogens is 3. The van der Waals surface area contributed by atoms with Gasteiger partial charge in [-0.05, 0) is 99.2 Å². The molecule has 2 radical (unpaired) electrons. The Balaban J connectivity index is 1.20. The smallest absolute Gasteiger partial charge is 0.296 e. The number of thiazole rings is 1. The third kappa shape index (κ3) is 13.0. The standard InChI is InChI=1S/C46H40N10O15S6/c1-4-13-70-38-22-35(39(72-15-8-17-75(61,62)63)23-34(38)52-55-46-49-42-40(77(67,68)69)19-27-11-12-28(76(64,65)66)20-29(27)43(42)73-46)53-50-32-21-37(71-14-7-16-74(58,59)60)33(18-25(32)2)51-54-41-26(3)30(24-47)44-48-31-9-5-6-10-36(31)56(44)45(41)57/h1,5-6,9-12,18-23,57H,4,7-8,13-17H2,2-3H3,(H,58,59,60)(H,61,62,63)(H,64,65,66)(H,67,68,69). The summed E-state index contributed by atoms with van der Waals surface area (Å²) >= 11 is 1.86. The SMILES string of the molecule is [CH]CCOc1cc(N=Nc2cc(OCCCS(=O)(=O)O)c(N=Nc3c(C)c(C#N)c4nc5ccccc5n4c3O)cc2C)c(SCCCS(=O)(=O)O)cc1N=Nc1nc2c(S(=O)(=O)O)cc3ccc(S(=O)(=O)O)cc3c2s1. The van der Waals surface area contributed by atoms with E-state index in [0.29, 0.717) is 21.5 Å². The second-order valence-electron chi connectivity index (χ2n) is 16.5. The third-order valence-electron chi connectivity index (χ3n) is 11.1. The van der Waals surface area contributed by atoms with Crippen LogP contribution in [0, 0.1) is 32.1 Å². The number of thioether (sulfide) groups is 1. The summed E-state index contributed by atoms with van der Waals surface area (Å²) in [4.78, 5) is 8.00. The van der Waals surface area contributed by atoms with Gasteiger partial charge in [-0.1, -0.05) is 29.5 Å². The fourth-order valence-corrected chi connectivity index (χ4v) is 11.9. The van der Waals surface area contributed by atoms with Gasteiger partial charge in [-0.15, -0.1) is 37.3 Å². The summed E-state index contributed by atoms with van der Waals surface area (Å²) in [5, 5.41) is 48.1. The first-order valence-electron chi connectivity index (χ1n) is 22.3. The van der Waals surface area contributed by atoms with Crippen LogP contribution in [0.5, 0.6) is 17.4 Å². The maximum absolute atomic E-state index is 12.5. The van der Waals surface area contributed by atoms with Crippen LogP contribution in [0.3, 0.4) is 0 Å². The zero-order valence-corrected chi connectivity index (χ0v) is 44.8. The number of hydrogen-bond acceptors (Lipinski definition) is 22. The molecule has 25 nitrogen and oxygen atoms in total. The number of para-hydroxylation sites is 2. The van der Waals surface area contributed by atoms with Crippen molar-refractivity contribution in [3.05, 3.63) is 96.4 Å². The minimum absolute atomic E-state index is 0.00316. The molecule has 5 aromatic carbocycles. The number of rotatable bonds is 21. The normalized spacial score (nSPS) is 12.9. The van der Waals surface area contributed by atoms with Gasteiger partial charge in [0.1, 0.15) is 50.6 Å². The molecular weight excluding hydrogens is 1120 g/mol. The number of benzene rings is 5. The van der Waals surface area contributed by atoms with Crippen molar-refractivity contribution in [3.8, 4) is 23.4 Å². The molecule has 31 heteroatoms. The lowest BCUT2D eigenvalue weighted by atomic mass is 10.1. The number of imidazole rings is 1. The fraction of sp³-hybridized carbons (Fsp3) is 0.217. The molecule has 0 fully saturated rings. The van der Waals surface area contributed by atoms with Gasteiger partial charge in [0.15, 0.2) is 11.3 Å². The Kier molecular flexibility index (Phi) is 16.4. The fourth-order valence-electron chi connectivity index (χ4n) is 7.56. The van der Waals surface area contributed by atoms with Crippen LogP contribution in [0.1, 0.15) is 36.0 Å². The van der Waals surface area contributed by atoms with Gasteiger partial charge < -0.3 is 14.6 Å². The van der Waals surface area contributed by atoms with Crippen molar-refractivity contribution < 1.29 is 66.5 Å². The number of aryl methyl sites for hydroxylation is 1. The van der Waals surface area contributed by atoms with Gasteiger partial charge in [0.25, 0.3) is 40.5 Å². The summed E-state index contributed by atoms with van der Waals surface area (Å²) in [7, 11) is -18.3. The highest BCUT2D eigenvalue weighted by Crippen LogP contribution is 2.45. The zero-order chi connectivity index (χ0) is 55.6. The average Bonchev–Trinajstić information content (AvgIpc) is 3.97. The molecule has 400 valence electrons. The number of azo groups is 3. The molecule has 0 atom stereocenters. The van der Waals surface area contributed by atoms with Crippen LogP contribution in [0.2, 0.25) is 0 Å². The molecule has 8 rings (SSSR count). The van der Waals surface area contributed by atoms with E-state index in [0.717, 1.165) is 41.3 Å². The van der Waals surface area contributed by atoms with Crippen molar-refractivity contribution in [2.24, 2.45) is 30.7 Å². The van der Waals surface area contributed by atoms with E-state index in [1.54, 1.807) is 38.1 Å². The molecule has 0 unspecified atom stereocenters. The molecule has 77 heavy (non-hydrogen) atoms. The van der Waals surface area contributed by atoms with E-state index in [2.05, 4.69) is 46.7 Å². The minimum Gasteiger partial charge on any atom is -0.493 e. The zero-order valence-electron chi connectivity index (χ0n) is 39.9. The Hall–Kier alpha value is -7.12. The number of fused-ring (bicyclic) bond motifs is 6. The second-order valence-corrected chi connectivity index (χ2v) is 24.6. The van der Waals surface area contributed by atoms with Gasteiger partial charge in [-0.2, -0.15) is 44.0 Å². The van der Waals surface area contributed by atoms with Crippen molar-refractivity contribution in [1.82, 2.24) is 14.4 Å². The van der Waals surface area contributed by atoms with E-state index in [1.807, 2.05) is 0 Å². The minimum atomic E-state index is -4.90. The van der Waals surface area contributed by atoms with Gasteiger partial charge in [0.2, 0.25) is 11.0 Å². The van der Waals surface area contributed by atoms with Crippen LogP contribution in [0.4, 0.5) is 33.6 Å². The predicted molar refractivity (Wildman–Crippen MR) is 283 cm³/mol. The number of aromatic hydroxyl groups is 1.